The number of hydrogen-bond donors (Lipinski definition) is 0. The second-order valence-electron chi connectivity index (χ2n) is 7.06. The molecule has 2 rings (SSSR count). The third kappa shape index (κ3) is 4.72. The Balaban J connectivity index is 2.16. The van der Waals surface area contributed by atoms with E-state index >= 15 is 0 Å². The number of fused-ring (bicyclic) bond motifs is 1. The van der Waals surface area contributed by atoms with Gasteiger partial charge in [0.15, 0.2) is 11.6 Å². The van der Waals surface area contributed by atoms with Crippen LogP contribution < -0.4 is 5.56 Å². The second-order valence-corrected chi connectivity index (χ2v) is 9.82. The summed E-state index contributed by atoms with van der Waals surface area (Å²) >= 11 is 1.62. The van der Waals surface area contributed by atoms with Gasteiger partial charge in [0.05, 0.1) is 15.6 Å². The fourth-order valence-electron chi connectivity index (χ4n) is 2.35. The van der Waals surface area contributed by atoms with E-state index in [0.29, 0.717) is 24.8 Å². The standard InChI is InChI=1S/C18H21BrF2N2O2S/c1-11(22-26(25)18(2,3)4)6-5-8-23-9-7-12-10-13(19)15(20)16(21)14(12)17(23)24/h7,9-10H,5-6,8H2,1-4H3/t26-/m0/s1. The van der Waals surface area contributed by atoms with Crippen LogP contribution in [0.2, 0.25) is 0 Å². The van der Waals surface area contributed by atoms with Gasteiger partial charge in [-0.05, 0) is 74.0 Å². The molecule has 0 amide bonds. The van der Waals surface area contributed by atoms with E-state index < -0.39 is 33.3 Å². The lowest BCUT2D eigenvalue weighted by molar-refractivity contribution is 0.510. The molecule has 0 saturated carbocycles. The average Bonchev–Trinajstić information content (AvgIpc) is 2.53. The first-order chi connectivity index (χ1) is 12.0. The summed E-state index contributed by atoms with van der Waals surface area (Å²) in [6, 6.07) is 2.97. The summed E-state index contributed by atoms with van der Waals surface area (Å²) in [6.07, 6.45) is 2.69. The fraction of sp³-hybridized carbons (Fsp3) is 0.444. The molecule has 142 valence electrons. The number of nitrogens with zero attached hydrogens (tertiary/aromatic N) is 2. The molecular weight excluding hydrogens is 426 g/mol. The van der Waals surface area contributed by atoms with Crippen LogP contribution in [-0.4, -0.2) is 19.6 Å². The minimum Gasteiger partial charge on any atom is -0.591 e. The summed E-state index contributed by atoms with van der Waals surface area (Å²) < 4.78 is 44.9. The molecule has 0 bridgehead atoms. The molecule has 0 unspecified atom stereocenters. The Hall–Kier alpha value is -1.25. The van der Waals surface area contributed by atoms with Crippen LogP contribution in [0.15, 0.2) is 32.0 Å². The van der Waals surface area contributed by atoms with Crippen molar-refractivity contribution in [2.75, 3.05) is 0 Å². The van der Waals surface area contributed by atoms with Gasteiger partial charge in [0.1, 0.15) is 16.1 Å². The van der Waals surface area contributed by atoms with Crippen molar-refractivity contribution in [2.45, 2.75) is 51.8 Å². The quantitative estimate of drug-likeness (QED) is 0.378. The van der Waals surface area contributed by atoms with Gasteiger partial charge < -0.3 is 9.12 Å². The van der Waals surface area contributed by atoms with Crippen molar-refractivity contribution in [2.24, 2.45) is 4.40 Å². The van der Waals surface area contributed by atoms with Crippen LogP contribution in [0.1, 0.15) is 40.5 Å². The Labute approximate surface area is 162 Å². The summed E-state index contributed by atoms with van der Waals surface area (Å²) in [4.78, 5) is 12.5. The van der Waals surface area contributed by atoms with Crippen LogP contribution in [0.3, 0.4) is 0 Å². The number of halogens is 3. The number of benzene rings is 1. The molecule has 8 heteroatoms. The summed E-state index contributed by atoms with van der Waals surface area (Å²) in [7, 11) is 0. The number of rotatable bonds is 5. The van der Waals surface area contributed by atoms with Gasteiger partial charge in [0, 0.05) is 12.7 Å². The summed E-state index contributed by atoms with van der Waals surface area (Å²) in [5, 5.41) is 0.0859. The van der Waals surface area contributed by atoms with Crippen LogP contribution in [0.25, 0.3) is 10.8 Å². The highest BCUT2D eigenvalue weighted by atomic mass is 79.9. The van der Waals surface area contributed by atoms with E-state index in [1.165, 1.54) is 10.6 Å². The molecule has 0 aliphatic heterocycles. The van der Waals surface area contributed by atoms with E-state index in [9.17, 15) is 18.1 Å². The van der Waals surface area contributed by atoms with E-state index in [1.807, 2.05) is 20.8 Å². The van der Waals surface area contributed by atoms with E-state index in [4.69, 9.17) is 0 Å². The number of aryl methyl sites for hydroxylation is 1. The van der Waals surface area contributed by atoms with Gasteiger partial charge in [-0.1, -0.05) is 4.40 Å². The largest absolute Gasteiger partial charge is 0.591 e. The monoisotopic (exact) mass is 446 g/mol. The van der Waals surface area contributed by atoms with Crippen molar-refractivity contribution in [1.29, 1.82) is 0 Å². The maximum atomic E-state index is 14.1. The van der Waals surface area contributed by atoms with Gasteiger partial charge in [-0.25, -0.2) is 8.78 Å². The third-order valence-corrected chi connectivity index (χ3v) is 5.90. The molecule has 0 N–H and O–H groups in total. The highest BCUT2D eigenvalue weighted by Crippen LogP contribution is 2.25. The molecule has 0 aliphatic carbocycles. The normalized spacial score (nSPS) is 14.1. The summed E-state index contributed by atoms with van der Waals surface area (Å²) in [6.45, 7) is 7.67. The molecule has 0 fully saturated rings. The Bertz CT molecular complexity index is 907. The Morgan fingerprint density at radius 3 is 2.62 bits per heavy atom. The Kier molecular flexibility index (Phi) is 6.63. The molecule has 1 heterocycles. The molecule has 0 saturated heterocycles. The second kappa shape index (κ2) is 8.19. The van der Waals surface area contributed by atoms with Gasteiger partial charge >= 0.3 is 0 Å². The molecule has 1 atom stereocenters. The SMILES string of the molecule is CC(CCCn1ccc2cc(Br)c(F)c(F)c2c1=O)=N[S@@+]([O-])C(C)(C)C. The van der Waals surface area contributed by atoms with Crippen molar-refractivity contribution in [1.82, 2.24) is 4.57 Å². The molecule has 1 aromatic heterocycles. The third-order valence-electron chi connectivity index (χ3n) is 3.80. The first kappa shape index (κ1) is 21.1. The maximum absolute atomic E-state index is 14.1. The van der Waals surface area contributed by atoms with Crippen LogP contribution in [0, 0.1) is 11.6 Å². The van der Waals surface area contributed by atoms with Crippen molar-refractivity contribution >= 4 is 43.8 Å². The Morgan fingerprint density at radius 2 is 2.00 bits per heavy atom. The van der Waals surface area contributed by atoms with Gasteiger partial charge in [0.2, 0.25) is 0 Å². The molecule has 0 spiro atoms. The van der Waals surface area contributed by atoms with Gasteiger partial charge in [0.25, 0.3) is 5.56 Å². The number of hydrogen-bond acceptors (Lipinski definition) is 3. The molecule has 0 aliphatic rings. The van der Waals surface area contributed by atoms with Crippen LogP contribution in [0.4, 0.5) is 8.78 Å². The lowest BCUT2D eigenvalue weighted by Crippen LogP contribution is -2.26. The highest BCUT2D eigenvalue weighted by Gasteiger charge is 2.26. The zero-order valence-corrected chi connectivity index (χ0v) is 17.5. The molecule has 26 heavy (non-hydrogen) atoms. The van der Waals surface area contributed by atoms with Gasteiger partial charge in [-0.15, -0.1) is 0 Å². The minimum absolute atomic E-state index is 0.0154. The summed E-state index contributed by atoms with van der Waals surface area (Å²) in [5.41, 5.74) is 0.160. The first-order valence-electron chi connectivity index (χ1n) is 8.15. The lowest BCUT2D eigenvalue weighted by Gasteiger charge is -2.18. The molecule has 2 aromatic rings. The van der Waals surface area contributed by atoms with Crippen LogP contribution in [0.5, 0.6) is 0 Å². The molecule has 1 aromatic carbocycles. The lowest BCUT2D eigenvalue weighted by atomic mass is 10.1. The maximum Gasteiger partial charge on any atom is 0.261 e. The zero-order chi connectivity index (χ0) is 19.6. The molecule has 4 nitrogen and oxygen atoms in total. The zero-order valence-electron chi connectivity index (χ0n) is 15.1. The average molecular weight is 447 g/mol. The van der Waals surface area contributed by atoms with Crippen molar-refractivity contribution < 1.29 is 13.3 Å². The van der Waals surface area contributed by atoms with Crippen LogP contribution >= 0.6 is 15.9 Å². The predicted octanol–water partition coefficient (Wildman–Crippen LogP) is 4.75. The van der Waals surface area contributed by atoms with Crippen LogP contribution in [-0.2, 0) is 17.9 Å². The van der Waals surface area contributed by atoms with Crippen molar-refractivity contribution in [3.8, 4) is 0 Å². The van der Waals surface area contributed by atoms with Crippen molar-refractivity contribution in [3.05, 3.63) is 44.8 Å². The topological polar surface area (TPSA) is 57.4 Å². The number of pyridine rings is 1. The van der Waals surface area contributed by atoms with Crippen molar-refractivity contribution in [3.63, 3.8) is 0 Å². The highest BCUT2D eigenvalue weighted by molar-refractivity contribution is 9.10. The smallest absolute Gasteiger partial charge is 0.261 e. The number of aromatic nitrogens is 1. The van der Waals surface area contributed by atoms with E-state index in [1.54, 1.807) is 19.2 Å². The van der Waals surface area contributed by atoms with E-state index in [2.05, 4.69) is 20.3 Å². The Morgan fingerprint density at radius 1 is 1.35 bits per heavy atom. The fourth-order valence-corrected chi connectivity index (χ4v) is 3.42. The van der Waals surface area contributed by atoms with E-state index in [0.717, 1.165) is 5.71 Å². The van der Waals surface area contributed by atoms with Gasteiger partial charge in [-0.2, -0.15) is 0 Å². The molecular formula is C18H21BrF2N2O2S. The van der Waals surface area contributed by atoms with E-state index in [-0.39, 0.29) is 9.86 Å². The molecule has 0 radical (unpaired) electrons. The minimum atomic E-state index is -1.32. The predicted molar refractivity (Wildman–Crippen MR) is 106 cm³/mol. The first-order valence-corrected chi connectivity index (χ1v) is 10.0. The van der Waals surface area contributed by atoms with Gasteiger partial charge in [-0.3, -0.25) is 4.79 Å². The summed E-state index contributed by atoms with van der Waals surface area (Å²) in [5.74, 6) is -2.22.